The van der Waals surface area contributed by atoms with E-state index in [1.54, 1.807) is 15.9 Å². The van der Waals surface area contributed by atoms with Crippen LogP contribution >= 0.6 is 11.8 Å². The van der Waals surface area contributed by atoms with Crippen LogP contribution in [0.4, 0.5) is 0 Å². The first-order chi connectivity index (χ1) is 15.4. The second-order valence-electron chi connectivity index (χ2n) is 8.99. The van der Waals surface area contributed by atoms with Gasteiger partial charge in [0.1, 0.15) is 6.04 Å². The molecule has 3 fully saturated rings. The van der Waals surface area contributed by atoms with Crippen molar-refractivity contribution in [2.75, 3.05) is 19.7 Å². The van der Waals surface area contributed by atoms with Crippen LogP contribution in [0.25, 0.3) is 0 Å². The zero-order chi connectivity index (χ0) is 23.0. The monoisotopic (exact) mass is 458 g/mol. The minimum atomic E-state index is -0.961. The second-order valence-corrected chi connectivity index (χ2v) is 10.5. The fourth-order valence-corrected chi connectivity index (χ4v) is 8.34. The number of nitrogens with zero attached hydrogens (tertiary/aromatic N) is 2. The zero-order valence-electron chi connectivity index (χ0n) is 18.2. The van der Waals surface area contributed by atoms with Crippen LogP contribution in [0, 0.1) is 17.8 Å². The third-order valence-electron chi connectivity index (χ3n) is 7.20. The first kappa shape index (κ1) is 22.9. The van der Waals surface area contributed by atoms with Gasteiger partial charge in [-0.25, -0.2) is 0 Å². The lowest BCUT2D eigenvalue weighted by Gasteiger charge is -2.40. The number of carboxylic acid groups (broad SMARTS) is 1. The number of carbonyl (C=O) groups is 3. The molecule has 3 aliphatic rings. The van der Waals surface area contributed by atoms with E-state index < -0.39 is 28.6 Å². The van der Waals surface area contributed by atoms with Gasteiger partial charge >= 0.3 is 5.97 Å². The van der Waals surface area contributed by atoms with Gasteiger partial charge in [0.05, 0.1) is 16.6 Å². The highest BCUT2D eigenvalue weighted by Crippen LogP contribution is 2.68. The number of likely N-dealkylation sites (tertiary alicyclic amines) is 1. The molecule has 2 bridgehead atoms. The molecular weight excluding hydrogens is 428 g/mol. The summed E-state index contributed by atoms with van der Waals surface area (Å²) >= 11 is 1.53. The van der Waals surface area contributed by atoms with Crippen molar-refractivity contribution in [3.63, 3.8) is 0 Å². The number of fused-ring (bicyclic) bond motifs is 1. The van der Waals surface area contributed by atoms with Crippen molar-refractivity contribution in [2.24, 2.45) is 17.8 Å². The molecule has 172 valence electrons. The molecule has 4 rings (SSSR count). The fourth-order valence-electron chi connectivity index (χ4n) is 5.93. The van der Waals surface area contributed by atoms with Gasteiger partial charge < -0.3 is 20.0 Å². The van der Waals surface area contributed by atoms with E-state index in [-0.39, 0.29) is 36.1 Å². The van der Waals surface area contributed by atoms with Crippen LogP contribution < -0.4 is 0 Å². The molecule has 3 unspecified atom stereocenters. The maximum atomic E-state index is 14.1. The van der Waals surface area contributed by atoms with Gasteiger partial charge in [-0.3, -0.25) is 14.4 Å². The predicted octanol–water partition coefficient (Wildman–Crippen LogP) is 2.01. The Morgan fingerprint density at radius 3 is 2.69 bits per heavy atom. The molecule has 2 N–H and O–H groups in total. The van der Waals surface area contributed by atoms with Gasteiger partial charge in [0.2, 0.25) is 11.8 Å². The highest BCUT2D eigenvalue weighted by molar-refractivity contribution is 8.02. The van der Waals surface area contributed by atoms with Crippen LogP contribution in [0.2, 0.25) is 0 Å². The van der Waals surface area contributed by atoms with Crippen molar-refractivity contribution in [2.45, 2.75) is 42.3 Å². The van der Waals surface area contributed by atoms with Crippen molar-refractivity contribution in [1.29, 1.82) is 0 Å². The number of aliphatic hydroxyl groups excluding tert-OH is 1. The normalized spacial score (nSPS) is 32.8. The molecule has 1 spiro atoms. The molecule has 0 radical (unpaired) electrons. The summed E-state index contributed by atoms with van der Waals surface area (Å²) in [5.41, 5.74) is 0.975. The van der Waals surface area contributed by atoms with E-state index in [0.29, 0.717) is 25.9 Å². The third kappa shape index (κ3) is 3.44. The molecule has 3 heterocycles. The van der Waals surface area contributed by atoms with E-state index >= 15 is 0 Å². The molecule has 1 aromatic carbocycles. The lowest BCUT2D eigenvalue weighted by Crippen LogP contribution is -2.57. The quantitative estimate of drug-likeness (QED) is 0.550. The summed E-state index contributed by atoms with van der Waals surface area (Å²) in [6.07, 6.45) is 2.70. The van der Waals surface area contributed by atoms with Gasteiger partial charge in [0, 0.05) is 31.5 Å². The summed E-state index contributed by atoms with van der Waals surface area (Å²) in [5, 5.41) is 19.2. The standard InChI is InChI=1S/C24H30N2O5S/c1-3-10-25(14-16-8-5-4-6-9-16)22(29)20-24-15(2)13-17(32-24)18(23(30)31)19(24)21(28)26(20)11-7-12-27/h3-6,8-9,15,17-20,27H,1,7,10-14H2,2H3,(H,30,31)/t15?,17-,18+,19+,20?,24?/m1/s1. The number of rotatable bonds is 9. The number of thioether (sulfide) groups is 1. The average molecular weight is 459 g/mol. The summed E-state index contributed by atoms with van der Waals surface area (Å²) in [5.74, 6) is -2.85. The first-order valence-corrected chi connectivity index (χ1v) is 12.0. The molecule has 0 aliphatic carbocycles. The number of amides is 2. The number of carbonyl (C=O) groups excluding carboxylic acids is 2. The first-order valence-electron chi connectivity index (χ1n) is 11.1. The Morgan fingerprint density at radius 1 is 1.34 bits per heavy atom. The van der Waals surface area contributed by atoms with Gasteiger partial charge in [0.15, 0.2) is 0 Å². The Labute approximate surface area is 192 Å². The van der Waals surface area contributed by atoms with Crippen LogP contribution in [-0.2, 0) is 20.9 Å². The summed E-state index contributed by atoms with van der Waals surface area (Å²) in [7, 11) is 0. The van der Waals surface area contributed by atoms with Crippen molar-refractivity contribution in [1.82, 2.24) is 9.80 Å². The summed E-state index contributed by atoms with van der Waals surface area (Å²) in [6, 6.07) is 8.91. The highest BCUT2D eigenvalue weighted by atomic mass is 32.2. The van der Waals surface area contributed by atoms with E-state index in [9.17, 15) is 24.6 Å². The Bertz CT molecular complexity index is 909. The van der Waals surface area contributed by atoms with Gasteiger partial charge in [0.25, 0.3) is 0 Å². The minimum absolute atomic E-state index is 0.0393. The van der Waals surface area contributed by atoms with Crippen LogP contribution in [0.15, 0.2) is 43.0 Å². The molecular formula is C24H30N2O5S. The van der Waals surface area contributed by atoms with E-state index in [1.807, 2.05) is 37.3 Å². The second kappa shape index (κ2) is 8.90. The maximum Gasteiger partial charge on any atom is 0.308 e. The number of benzene rings is 1. The maximum absolute atomic E-state index is 14.1. The zero-order valence-corrected chi connectivity index (χ0v) is 19.0. The number of hydrogen-bond acceptors (Lipinski definition) is 5. The average Bonchev–Trinajstić information content (AvgIpc) is 3.36. The van der Waals surface area contributed by atoms with E-state index in [0.717, 1.165) is 5.56 Å². The van der Waals surface area contributed by atoms with Gasteiger partial charge in [-0.05, 0) is 24.3 Å². The van der Waals surface area contributed by atoms with Crippen LogP contribution in [0.5, 0.6) is 0 Å². The predicted molar refractivity (Wildman–Crippen MR) is 122 cm³/mol. The number of aliphatic carboxylic acids is 1. The molecule has 32 heavy (non-hydrogen) atoms. The largest absolute Gasteiger partial charge is 0.481 e. The van der Waals surface area contributed by atoms with Crippen LogP contribution in [0.1, 0.15) is 25.3 Å². The molecule has 8 heteroatoms. The Morgan fingerprint density at radius 2 is 2.06 bits per heavy atom. The molecule has 1 aromatic rings. The Balaban J connectivity index is 1.74. The SMILES string of the molecule is C=CCN(Cc1ccccc1)C(=O)C1N(CCCO)C(=O)[C@@H]2[C@@H](C(=O)O)[C@H]3CC(C)C12S3. The molecule has 0 aromatic heterocycles. The van der Waals surface area contributed by atoms with Gasteiger partial charge in [-0.15, -0.1) is 18.3 Å². The molecule has 0 saturated carbocycles. The molecule has 6 atom stereocenters. The van der Waals surface area contributed by atoms with E-state index in [4.69, 9.17) is 0 Å². The van der Waals surface area contributed by atoms with Crippen molar-refractivity contribution >= 4 is 29.5 Å². The highest BCUT2D eigenvalue weighted by Gasteiger charge is 2.76. The van der Waals surface area contributed by atoms with Crippen LogP contribution in [-0.4, -0.2) is 73.5 Å². The van der Waals surface area contributed by atoms with Crippen molar-refractivity contribution < 1.29 is 24.6 Å². The molecule has 3 aliphatic heterocycles. The summed E-state index contributed by atoms with van der Waals surface area (Å²) < 4.78 is -0.756. The van der Waals surface area contributed by atoms with Crippen molar-refractivity contribution in [3.8, 4) is 0 Å². The molecule has 3 saturated heterocycles. The smallest absolute Gasteiger partial charge is 0.308 e. The number of carboxylic acids is 1. The molecule has 2 amide bonds. The third-order valence-corrected chi connectivity index (χ3v) is 9.28. The Kier molecular flexibility index (Phi) is 6.36. The van der Waals surface area contributed by atoms with E-state index in [2.05, 4.69) is 6.58 Å². The lowest BCUT2D eigenvalue weighted by molar-refractivity contribution is -0.149. The minimum Gasteiger partial charge on any atom is -0.481 e. The van der Waals surface area contributed by atoms with Gasteiger partial charge in [-0.1, -0.05) is 43.3 Å². The Hall–Kier alpha value is -2.32. The number of hydrogen-bond donors (Lipinski definition) is 2. The summed E-state index contributed by atoms with van der Waals surface area (Å²) in [4.78, 5) is 43.0. The lowest BCUT2D eigenvalue weighted by atomic mass is 9.66. The van der Waals surface area contributed by atoms with Crippen molar-refractivity contribution in [3.05, 3.63) is 48.6 Å². The molecule has 7 nitrogen and oxygen atoms in total. The van der Waals surface area contributed by atoms with Gasteiger partial charge in [-0.2, -0.15) is 0 Å². The topological polar surface area (TPSA) is 98.2 Å². The van der Waals surface area contributed by atoms with E-state index in [1.165, 1.54) is 11.8 Å². The number of aliphatic hydroxyl groups is 1. The van der Waals surface area contributed by atoms with Crippen LogP contribution in [0.3, 0.4) is 0 Å². The fraction of sp³-hybridized carbons (Fsp3) is 0.542. The summed E-state index contributed by atoms with van der Waals surface area (Å²) in [6.45, 7) is 6.70.